The number of piperidine rings is 1. The van der Waals surface area contributed by atoms with Crippen molar-refractivity contribution < 1.29 is 0 Å². The lowest BCUT2D eigenvalue weighted by atomic mass is 9.96. The summed E-state index contributed by atoms with van der Waals surface area (Å²) in [7, 11) is 0. The molecule has 2 aromatic rings. The van der Waals surface area contributed by atoms with Gasteiger partial charge in [0.2, 0.25) is 0 Å². The van der Waals surface area contributed by atoms with Gasteiger partial charge in [-0.15, -0.1) is 0 Å². The highest BCUT2D eigenvalue weighted by molar-refractivity contribution is 6.31. The average Bonchev–Trinajstić information content (AvgIpc) is 2.96. The Kier molecular flexibility index (Phi) is 4.33. The van der Waals surface area contributed by atoms with Gasteiger partial charge >= 0.3 is 0 Å². The van der Waals surface area contributed by atoms with E-state index in [1.54, 1.807) is 6.20 Å². The van der Waals surface area contributed by atoms with Crippen LogP contribution in [0.4, 0.5) is 0 Å². The molecule has 3 heterocycles. The zero-order chi connectivity index (χ0) is 13.8. The van der Waals surface area contributed by atoms with Crippen molar-refractivity contribution in [2.24, 2.45) is 5.92 Å². The molecule has 5 heteroatoms. The van der Waals surface area contributed by atoms with Crippen LogP contribution in [0.1, 0.15) is 18.4 Å². The first-order chi connectivity index (χ1) is 9.81. The van der Waals surface area contributed by atoms with Gasteiger partial charge in [0.1, 0.15) is 0 Å². The molecule has 1 aliphatic rings. The van der Waals surface area contributed by atoms with Gasteiger partial charge in [-0.25, -0.2) is 4.98 Å². The SMILES string of the molecule is Clc1ccncc1CN1CCC(Cn2ccnc2)CC1. The molecule has 0 bridgehead atoms. The molecule has 4 nitrogen and oxygen atoms in total. The molecule has 0 saturated carbocycles. The van der Waals surface area contributed by atoms with Crippen LogP contribution in [0.5, 0.6) is 0 Å². The Hall–Kier alpha value is -1.39. The molecule has 1 aliphatic heterocycles. The van der Waals surface area contributed by atoms with Crippen molar-refractivity contribution in [1.82, 2.24) is 19.4 Å². The second kappa shape index (κ2) is 6.37. The number of hydrogen-bond acceptors (Lipinski definition) is 3. The van der Waals surface area contributed by atoms with Crippen molar-refractivity contribution >= 4 is 11.6 Å². The summed E-state index contributed by atoms with van der Waals surface area (Å²) in [6, 6.07) is 1.86. The zero-order valence-corrected chi connectivity index (χ0v) is 12.2. The van der Waals surface area contributed by atoms with Gasteiger partial charge in [-0.3, -0.25) is 9.88 Å². The van der Waals surface area contributed by atoms with Crippen LogP contribution in [0.2, 0.25) is 5.02 Å². The van der Waals surface area contributed by atoms with E-state index in [0.29, 0.717) is 0 Å². The third-order valence-corrected chi connectivity index (χ3v) is 4.34. The van der Waals surface area contributed by atoms with E-state index in [-0.39, 0.29) is 0 Å². The molecule has 2 aromatic heterocycles. The molecule has 0 N–H and O–H groups in total. The van der Waals surface area contributed by atoms with Gasteiger partial charge in [0.05, 0.1) is 6.33 Å². The Morgan fingerprint density at radius 2 is 2.05 bits per heavy atom. The van der Waals surface area contributed by atoms with Crippen LogP contribution in [0.25, 0.3) is 0 Å². The second-order valence-electron chi connectivity index (χ2n) is 5.45. The van der Waals surface area contributed by atoms with Gasteiger partial charge in [-0.2, -0.15) is 0 Å². The maximum Gasteiger partial charge on any atom is 0.0945 e. The molecule has 0 spiro atoms. The Bertz CT molecular complexity index is 533. The predicted octanol–water partition coefficient (Wildman–Crippen LogP) is 2.84. The van der Waals surface area contributed by atoms with E-state index in [0.717, 1.165) is 42.7 Å². The number of hydrogen-bond donors (Lipinski definition) is 0. The van der Waals surface area contributed by atoms with Crippen LogP contribution in [0.15, 0.2) is 37.2 Å². The van der Waals surface area contributed by atoms with Gasteiger partial charge in [-0.05, 0) is 37.9 Å². The third-order valence-electron chi connectivity index (χ3n) is 3.97. The molecule has 0 aromatic carbocycles. The molecule has 0 atom stereocenters. The summed E-state index contributed by atoms with van der Waals surface area (Å²) < 4.78 is 2.18. The zero-order valence-electron chi connectivity index (χ0n) is 11.5. The Labute approximate surface area is 124 Å². The van der Waals surface area contributed by atoms with E-state index in [1.807, 2.05) is 31.0 Å². The number of rotatable bonds is 4. The van der Waals surface area contributed by atoms with E-state index in [2.05, 4.69) is 19.4 Å². The second-order valence-corrected chi connectivity index (χ2v) is 5.85. The summed E-state index contributed by atoms with van der Waals surface area (Å²) in [4.78, 5) is 10.7. The highest BCUT2D eigenvalue weighted by Gasteiger charge is 2.20. The summed E-state index contributed by atoms with van der Waals surface area (Å²) in [5.74, 6) is 0.754. The van der Waals surface area contributed by atoms with Crippen LogP contribution in [-0.4, -0.2) is 32.5 Å². The van der Waals surface area contributed by atoms with Crippen molar-refractivity contribution in [1.29, 1.82) is 0 Å². The topological polar surface area (TPSA) is 34.0 Å². The Balaban J connectivity index is 1.50. The highest BCUT2D eigenvalue weighted by atomic mass is 35.5. The van der Waals surface area contributed by atoms with Crippen molar-refractivity contribution in [3.8, 4) is 0 Å². The van der Waals surface area contributed by atoms with Crippen LogP contribution < -0.4 is 0 Å². The summed E-state index contributed by atoms with van der Waals surface area (Å²) in [5.41, 5.74) is 1.13. The van der Waals surface area contributed by atoms with E-state index in [9.17, 15) is 0 Å². The molecule has 0 amide bonds. The molecule has 106 valence electrons. The fourth-order valence-electron chi connectivity index (χ4n) is 2.79. The minimum atomic E-state index is 0.754. The normalized spacial score (nSPS) is 17.4. The first kappa shape index (κ1) is 13.6. The molecular weight excluding hydrogens is 272 g/mol. The molecule has 1 saturated heterocycles. The lowest BCUT2D eigenvalue weighted by molar-refractivity contribution is 0.167. The summed E-state index contributed by atoms with van der Waals surface area (Å²) >= 11 is 6.19. The number of halogens is 1. The third kappa shape index (κ3) is 3.38. The summed E-state index contributed by atoms with van der Waals surface area (Å²) in [6.45, 7) is 4.25. The van der Waals surface area contributed by atoms with Crippen molar-refractivity contribution in [2.75, 3.05) is 13.1 Å². The van der Waals surface area contributed by atoms with E-state index < -0.39 is 0 Å². The quantitative estimate of drug-likeness (QED) is 0.868. The lowest BCUT2D eigenvalue weighted by Gasteiger charge is -2.32. The minimum absolute atomic E-state index is 0.754. The average molecular weight is 291 g/mol. The summed E-state index contributed by atoms with van der Waals surface area (Å²) in [6.07, 6.45) is 11.9. The molecule has 1 fully saturated rings. The van der Waals surface area contributed by atoms with Gasteiger partial charge in [0.15, 0.2) is 0 Å². The largest absolute Gasteiger partial charge is 0.337 e. The number of likely N-dealkylation sites (tertiary alicyclic amines) is 1. The molecule has 0 aliphatic carbocycles. The summed E-state index contributed by atoms with van der Waals surface area (Å²) in [5, 5.41) is 0.820. The van der Waals surface area contributed by atoms with E-state index in [1.165, 1.54) is 12.8 Å². The molecule has 0 unspecified atom stereocenters. The van der Waals surface area contributed by atoms with E-state index in [4.69, 9.17) is 11.6 Å². The lowest BCUT2D eigenvalue weighted by Crippen LogP contribution is -2.34. The van der Waals surface area contributed by atoms with Gasteiger partial charge in [0.25, 0.3) is 0 Å². The smallest absolute Gasteiger partial charge is 0.0945 e. The van der Waals surface area contributed by atoms with Crippen molar-refractivity contribution in [3.63, 3.8) is 0 Å². The monoisotopic (exact) mass is 290 g/mol. The molecular formula is C15H19ClN4. The fraction of sp³-hybridized carbons (Fsp3) is 0.467. The number of pyridine rings is 1. The maximum absolute atomic E-state index is 6.19. The standard InChI is InChI=1S/C15H19ClN4/c16-15-1-4-17-9-14(15)11-19-6-2-13(3-7-19)10-20-8-5-18-12-20/h1,4-5,8-9,12-13H,2-3,6-7,10-11H2. The number of imidazole rings is 1. The number of nitrogens with zero attached hydrogens (tertiary/aromatic N) is 4. The van der Waals surface area contributed by atoms with Gasteiger partial charge < -0.3 is 4.57 Å². The molecule has 3 rings (SSSR count). The fourth-order valence-corrected chi connectivity index (χ4v) is 2.95. The van der Waals surface area contributed by atoms with Crippen LogP contribution in [0, 0.1) is 5.92 Å². The maximum atomic E-state index is 6.19. The minimum Gasteiger partial charge on any atom is -0.337 e. The molecule has 0 radical (unpaired) electrons. The Morgan fingerprint density at radius 1 is 1.20 bits per heavy atom. The first-order valence-corrected chi connectivity index (χ1v) is 7.45. The van der Waals surface area contributed by atoms with E-state index >= 15 is 0 Å². The Morgan fingerprint density at radius 3 is 2.75 bits per heavy atom. The van der Waals surface area contributed by atoms with Crippen molar-refractivity contribution in [2.45, 2.75) is 25.9 Å². The van der Waals surface area contributed by atoms with Crippen molar-refractivity contribution in [3.05, 3.63) is 47.8 Å². The molecule has 20 heavy (non-hydrogen) atoms. The van der Waals surface area contributed by atoms with Gasteiger partial charge in [0, 0.05) is 48.5 Å². The van der Waals surface area contributed by atoms with Crippen LogP contribution in [-0.2, 0) is 13.1 Å². The predicted molar refractivity (Wildman–Crippen MR) is 79.5 cm³/mol. The van der Waals surface area contributed by atoms with Crippen LogP contribution in [0.3, 0.4) is 0 Å². The number of aromatic nitrogens is 3. The van der Waals surface area contributed by atoms with Crippen LogP contribution >= 0.6 is 11.6 Å². The first-order valence-electron chi connectivity index (χ1n) is 7.08. The highest BCUT2D eigenvalue weighted by Crippen LogP contribution is 2.22. The van der Waals surface area contributed by atoms with Gasteiger partial charge in [-0.1, -0.05) is 11.6 Å².